The standard InChI is InChI=1S/C26H23FN2O4S.CH4.2H2S/c27-19-9-3-16(4-10-19)14-20(26(32)29-12-11-22-24(29)21(30)15-33-22)28-25(31)18-7-5-17(6-8-18)23-2-1-13-34-23;;;/h1-10,13,20,22,24H,11-12,14-15H2,(H,28,31);1H4;2*1H2/t20-,22+,24+;;;/m0.../s1. The van der Waals surface area contributed by atoms with Crippen LogP contribution < -0.4 is 5.32 Å². The van der Waals surface area contributed by atoms with E-state index >= 15 is 0 Å². The van der Waals surface area contributed by atoms with Gasteiger partial charge in [-0.05, 0) is 53.3 Å². The van der Waals surface area contributed by atoms with Crippen LogP contribution in [0, 0.1) is 5.82 Å². The van der Waals surface area contributed by atoms with Crippen molar-refractivity contribution in [2.24, 2.45) is 0 Å². The molecular weight excluding hydrogens is 532 g/mol. The maximum absolute atomic E-state index is 13.5. The third-order valence-electron chi connectivity index (χ3n) is 6.30. The Labute approximate surface area is 234 Å². The summed E-state index contributed by atoms with van der Waals surface area (Å²) in [6, 6.07) is 15.5. The van der Waals surface area contributed by atoms with Gasteiger partial charge in [0.15, 0.2) is 5.78 Å². The van der Waals surface area contributed by atoms with Crippen LogP contribution >= 0.6 is 38.3 Å². The van der Waals surface area contributed by atoms with Gasteiger partial charge in [0.2, 0.25) is 5.91 Å². The van der Waals surface area contributed by atoms with E-state index in [0.29, 0.717) is 24.1 Å². The molecule has 2 fully saturated rings. The molecule has 0 bridgehead atoms. The molecule has 2 aliphatic heterocycles. The highest BCUT2D eigenvalue weighted by molar-refractivity contribution is 7.59. The zero-order chi connectivity index (χ0) is 23.7. The van der Waals surface area contributed by atoms with Gasteiger partial charge in [-0.15, -0.1) is 11.3 Å². The van der Waals surface area contributed by atoms with Crippen molar-refractivity contribution in [3.63, 3.8) is 0 Å². The van der Waals surface area contributed by atoms with E-state index in [0.717, 1.165) is 10.4 Å². The minimum Gasteiger partial charge on any atom is -0.368 e. The fourth-order valence-corrected chi connectivity index (χ4v) is 5.30. The number of hydrogen-bond donors (Lipinski definition) is 1. The van der Waals surface area contributed by atoms with Gasteiger partial charge in [-0.25, -0.2) is 4.39 Å². The largest absolute Gasteiger partial charge is 0.368 e. The minimum absolute atomic E-state index is 0. The summed E-state index contributed by atoms with van der Waals surface area (Å²) in [5, 5.41) is 4.84. The van der Waals surface area contributed by atoms with E-state index in [4.69, 9.17) is 4.74 Å². The summed E-state index contributed by atoms with van der Waals surface area (Å²) < 4.78 is 18.9. The molecule has 0 spiro atoms. The number of nitrogens with one attached hydrogen (secondary N) is 1. The Kier molecular flexibility index (Phi) is 10.9. The molecule has 37 heavy (non-hydrogen) atoms. The van der Waals surface area contributed by atoms with Crippen molar-refractivity contribution in [2.75, 3.05) is 13.2 Å². The number of carbonyl (C=O) groups excluding carboxylic acids is 3. The van der Waals surface area contributed by atoms with Crippen LogP contribution in [0.3, 0.4) is 0 Å². The molecule has 3 aromatic rings. The Morgan fingerprint density at radius 2 is 1.78 bits per heavy atom. The molecule has 2 saturated heterocycles. The number of thiophene rings is 1. The molecule has 198 valence electrons. The number of hydrogen-bond acceptors (Lipinski definition) is 5. The van der Waals surface area contributed by atoms with Crippen LogP contribution in [-0.4, -0.2) is 53.8 Å². The van der Waals surface area contributed by atoms with Crippen LogP contribution in [-0.2, 0) is 20.7 Å². The molecule has 2 aromatic carbocycles. The van der Waals surface area contributed by atoms with Gasteiger partial charge >= 0.3 is 0 Å². The van der Waals surface area contributed by atoms with Crippen LogP contribution in [0.15, 0.2) is 66.0 Å². The molecule has 0 unspecified atom stereocenters. The van der Waals surface area contributed by atoms with Crippen LogP contribution in [0.5, 0.6) is 0 Å². The van der Waals surface area contributed by atoms with Gasteiger partial charge in [0.05, 0.1) is 6.10 Å². The quantitative estimate of drug-likeness (QED) is 0.486. The number of halogens is 1. The second-order valence-corrected chi connectivity index (χ2v) is 9.44. The van der Waals surface area contributed by atoms with Gasteiger partial charge in [-0.2, -0.15) is 27.0 Å². The first kappa shape index (κ1) is 30.6. The van der Waals surface area contributed by atoms with Crippen molar-refractivity contribution < 1.29 is 23.5 Å². The van der Waals surface area contributed by atoms with E-state index < -0.39 is 12.1 Å². The van der Waals surface area contributed by atoms with E-state index in [-0.39, 0.29) is 77.0 Å². The Morgan fingerprint density at radius 3 is 2.43 bits per heavy atom. The maximum Gasteiger partial charge on any atom is 0.251 e. The number of ether oxygens (including phenoxy) is 1. The molecule has 2 aliphatic rings. The van der Waals surface area contributed by atoms with Crippen LogP contribution in [0.2, 0.25) is 0 Å². The third kappa shape index (κ3) is 6.62. The number of ketones is 1. The number of carbonyl (C=O) groups is 3. The zero-order valence-electron chi connectivity index (χ0n) is 19.3. The van der Waals surface area contributed by atoms with E-state index in [2.05, 4.69) is 5.32 Å². The average Bonchev–Trinajstić information content (AvgIpc) is 3.60. The number of benzene rings is 2. The number of likely N-dealkylation sites (tertiary alicyclic amines) is 1. The fraction of sp³-hybridized carbons (Fsp3) is 0.296. The number of rotatable bonds is 6. The van der Waals surface area contributed by atoms with Crippen molar-refractivity contribution in [3.05, 3.63) is 83.0 Å². The highest BCUT2D eigenvalue weighted by Crippen LogP contribution is 2.28. The van der Waals surface area contributed by atoms with Crippen molar-refractivity contribution >= 4 is 55.9 Å². The molecule has 1 N–H and O–H groups in total. The molecule has 6 nitrogen and oxygen atoms in total. The molecule has 3 heterocycles. The molecule has 5 rings (SSSR count). The lowest BCUT2D eigenvalue weighted by molar-refractivity contribution is -0.138. The molecule has 3 atom stereocenters. The van der Waals surface area contributed by atoms with Crippen LogP contribution in [0.4, 0.5) is 4.39 Å². The van der Waals surface area contributed by atoms with Gasteiger partial charge in [0, 0.05) is 23.4 Å². The molecule has 0 saturated carbocycles. The summed E-state index contributed by atoms with van der Waals surface area (Å²) in [6.07, 6.45) is 0.480. The lowest BCUT2D eigenvalue weighted by Crippen LogP contribution is -2.53. The number of Topliss-reactive ketones (excluding diaryl/α,β-unsaturated/α-hetero) is 1. The van der Waals surface area contributed by atoms with Gasteiger partial charge in [0.1, 0.15) is 24.5 Å². The highest BCUT2D eigenvalue weighted by Gasteiger charge is 2.48. The van der Waals surface area contributed by atoms with Gasteiger partial charge in [-0.1, -0.05) is 37.8 Å². The second-order valence-electron chi connectivity index (χ2n) is 8.49. The van der Waals surface area contributed by atoms with E-state index in [9.17, 15) is 18.8 Å². The summed E-state index contributed by atoms with van der Waals surface area (Å²) in [7, 11) is 0. The SMILES string of the molecule is C.O=C(N[C@@H](Cc1ccc(F)cc1)C(=O)N1CC[C@H]2OCC(=O)[C@H]21)c1ccc(-c2cccs2)cc1.S.S. The lowest BCUT2D eigenvalue weighted by atomic mass is 10.0. The average molecular weight is 563 g/mol. The van der Waals surface area contributed by atoms with Gasteiger partial charge in [-0.3, -0.25) is 14.4 Å². The van der Waals surface area contributed by atoms with Crippen molar-refractivity contribution in [2.45, 2.75) is 38.5 Å². The van der Waals surface area contributed by atoms with Crippen molar-refractivity contribution in [1.82, 2.24) is 10.2 Å². The Hall–Kier alpha value is -2.66. The minimum atomic E-state index is -0.901. The topological polar surface area (TPSA) is 75.7 Å². The molecule has 1 aromatic heterocycles. The summed E-state index contributed by atoms with van der Waals surface area (Å²) >= 11 is 1.61. The predicted molar refractivity (Wildman–Crippen MR) is 153 cm³/mol. The van der Waals surface area contributed by atoms with E-state index in [1.165, 1.54) is 17.0 Å². The molecule has 0 aliphatic carbocycles. The second kappa shape index (κ2) is 13.2. The Bertz CT molecular complexity index is 1200. The van der Waals surface area contributed by atoms with Crippen molar-refractivity contribution in [1.29, 1.82) is 0 Å². The number of amides is 2. The predicted octanol–water partition coefficient (Wildman–Crippen LogP) is 4.33. The highest BCUT2D eigenvalue weighted by atomic mass is 32.1. The molecule has 2 amide bonds. The molecule has 10 heteroatoms. The molecule has 0 radical (unpaired) electrons. The number of nitrogens with zero attached hydrogens (tertiary/aromatic N) is 1. The van der Waals surface area contributed by atoms with E-state index in [1.54, 1.807) is 35.6 Å². The lowest BCUT2D eigenvalue weighted by Gasteiger charge is -2.27. The van der Waals surface area contributed by atoms with Gasteiger partial charge < -0.3 is 15.0 Å². The monoisotopic (exact) mass is 562 g/mol. The van der Waals surface area contributed by atoms with Crippen LogP contribution in [0.1, 0.15) is 29.8 Å². The van der Waals surface area contributed by atoms with Gasteiger partial charge in [0.25, 0.3) is 5.91 Å². The summed E-state index contributed by atoms with van der Waals surface area (Å²) in [5.74, 6) is -1.22. The summed E-state index contributed by atoms with van der Waals surface area (Å²) in [4.78, 5) is 41.5. The maximum atomic E-state index is 13.5. The third-order valence-corrected chi connectivity index (χ3v) is 7.22. The summed E-state index contributed by atoms with van der Waals surface area (Å²) in [6.45, 7) is 0.399. The zero-order valence-corrected chi connectivity index (χ0v) is 22.1. The Balaban J connectivity index is 0.00000160. The first-order chi connectivity index (χ1) is 16.5. The number of fused-ring (bicyclic) bond motifs is 1. The normalized spacial score (nSPS) is 18.6. The molecular formula is C27H31FN2O4S3. The van der Waals surface area contributed by atoms with Crippen molar-refractivity contribution in [3.8, 4) is 10.4 Å². The van der Waals surface area contributed by atoms with E-state index in [1.807, 2.05) is 29.6 Å². The Morgan fingerprint density at radius 1 is 1.08 bits per heavy atom. The first-order valence-electron chi connectivity index (χ1n) is 11.1. The smallest absolute Gasteiger partial charge is 0.251 e. The summed E-state index contributed by atoms with van der Waals surface area (Å²) in [5.41, 5.74) is 2.14. The fourth-order valence-electron chi connectivity index (χ4n) is 4.57. The van der Waals surface area contributed by atoms with Crippen LogP contribution in [0.25, 0.3) is 10.4 Å². The first-order valence-corrected chi connectivity index (χ1v) is 12.0.